The molecule has 8 nitrogen and oxygen atoms in total. The van der Waals surface area contributed by atoms with E-state index in [1.807, 2.05) is 0 Å². The molecule has 2 aliphatic rings. The van der Waals surface area contributed by atoms with Crippen LogP contribution in [0.3, 0.4) is 0 Å². The van der Waals surface area contributed by atoms with Gasteiger partial charge in [0.1, 0.15) is 11.5 Å². The number of phenolic OH excluding ortho intramolecular Hbond substituents is 1. The first-order chi connectivity index (χ1) is 20.9. The number of carbonyl (C=O) groups is 1. The van der Waals surface area contributed by atoms with Crippen molar-refractivity contribution in [3.05, 3.63) is 65.9 Å². The molecule has 1 saturated heterocycles. The van der Waals surface area contributed by atoms with Gasteiger partial charge in [-0.05, 0) is 85.4 Å². The second-order valence-corrected chi connectivity index (χ2v) is 12.6. The first-order valence-electron chi connectivity index (χ1n) is 14.3. The van der Waals surface area contributed by atoms with Crippen LogP contribution in [0.1, 0.15) is 44.7 Å². The third-order valence-electron chi connectivity index (χ3n) is 7.87. The van der Waals surface area contributed by atoms with Crippen molar-refractivity contribution in [3.63, 3.8) is 0 Å². The Morgan fingerprint density at radius 1 is 0.978 bits per heavy atom. The molecule has 1 fully saturated rings. The summed E-state index contributed by atoms with van der Waals surface area (Å²) in [5.41, 5.74) is -1.42. The number of hydrogen-bond acceptors (Lipinski definition) is 6. The maximum absolute atomic E-state index is 14.5. The summed E-state index contributed by atoms with van der Waals surface area (Å²) < 4.78 is 84.6. The fraction of sp³-hybridized carbons (Fsp3) is 0.419. The van der Waals surface area contributed by atoms with Gasteiger partial charge in [0.15, 0.2) is 5.82 Å². The number of alkyl halides is 6. The van der Waals surface area contributed by atoms with E-state index in [-0.39, 0.29) is 46.2 Å². The molecule has 0 unspecified atom stereocenters. The molecule has 5 rings (SSSR count). The number of aromatic nitrogens is 1. The van der Waals surface area contributed by atoms with E-state index in [2.05, 4.69) is 46.0 Å². The van der Waals surface area contributed by atoms with Crippen LogP contribution < -0.4 is 20.3 Å². The van der Waals surface area contributed by atoms with Gasteiger partial charge in [0, 0.05) is 30.4 Å². The zero-order valence-electron chi connectivity index (χ0n) is 24.8. The van der Waals surface area contributed by atoms with E-state index in [4.69, 9.17) is 0 Å². The SMILES string of the molecule is CC(C)(C)CN1CCC2(CC1)CN(c1ncccc1NC(=O)Nc1ccc(OC(F)(F)F)cc1)c1c(O)ccc(C(F)(F)F)c12. The van der Waals surface area contributed by atoms with Crippen LogP contribution >= 0.6 is 0 Å². The Morgan fingerprint density at radius 2 is 1.64 bits per heavy atom. The summed E-state index contributed by atoms with van der Waals surface area (Å²) in [5.74, 6) is -0.674. The fourth-order valence-corrected chi connectivity index (χ4v) is 6.22. The van der Waals surface area contributed by atoms with Crippen LogP contribution in [0, 0.1) is 5.41 Å². The number of anilines is 4. The summed E-state index contributed by atoms with van der Waals surface area (Å²) in [6.45, 7) is 8.33. The number of hydrogen-bond donors (Lipinski definition) is 3. The summed E-state index contributed by atoms with van der Waals surface area (Å²) in [5, 5.41) is 16.1. The topological polar surface area (TPSA) is 90.0 Å². The lowest BCUT2D eigenvalue weighted by molar-refractivity contribution is -0.274. The number of nitrogens with one attached hydrogen (secondary N) is 2. The number of rotatable bonds is 5. The van der Waals surface area contributed by atoms with Gasteiger partial charge in [-0.15, -0.1) is 13.2 Å². The zero-order valence-corrected chi connectivity index (χ0v) is 24.8. The Kier molecular flexibility index (Phi) is 8.32. The molecule has 45 heavy (non-hydrogen) atoms. The average Bonchev–Trinajstić information content (AvgIpc) is 3.24. The van der Waals surface area contributed by atoms with E-state index in [0.717, 1.165) is 30.8 Å². The first kappa shape index (κ1) is 32.2. The number of nitrogens with zero attached hydrogens (tertiary/aromatic N) is 3. The van der Waals surface area contributed by atoms with Gasteiger partial charge in [-0.2, -0.15) is 13.2 Å². The van der Waals surface area contributed by atoms with Gasteiger partial charge in [0.2, 0.25) is 0 Å². The lowest BCUT2D eigenvalue weighted by Gasteiger charge is -2.42. The Labute approximate surface area is 256 Å². The lowest BCUT2D eigenvalue weighted by Crippen LogP contribution is -2.47. The number of phenols is 1. The maximum Gasteiger partial charge on any atom is 0.573 e. The molecule has 1 aromatic heterocycles. The highest BCUT2D eigenvalue weighted by Crippen LogP contribution is 2.57. The number of piperidine rings is 1. The standard InChI is InChI=1S/C31H33F6N5O3/c1-28(2,3)17-41-15-12-29(13-16-41)18-42(25-23(43)11-10-21(24(25)29)30(32,33)34)26-22(5-4-14-38-26)40-27(44)39-19-6-8-20(9-7-19)45-31(35,36)37/h4-11,14,43H,12-13,15-18H2,1-3H3,(H2,39,40,44). The minimum absolute atomic E-state index is 0.00323. The average molecular weight is 638 g/mol. The normalized spacial score (nSPS) is 16.9. The van der Waals surface area contributed by atoms with Crippen LogP contribution in [-0.4, -0.2) is 53.6 Å². The summed E-state index contributed by atoms with van der Waals surface area (Å²) in [7, 11) is 0. The number of halogens is 6. The molecule has 0 bridgehead atoms. The lowest BCUT2D eigenvalue weighted by atomic mass is 9.72. The number of aromatic hydroxyl groups is 1. The first-order valence-corrected chi connectivity index (χ1v) is 14.3. The highest BCUT2D eigenvalue weighted by atomic mass is 19.4. The molecular formula is C31H33F6N5O3. The second kappa shape index (κ2) is 11.6. The third kappa shape index (κ3) is 7.21. The fourth-order valence-electron chi connectivity index (χ4n) is 6.22. The molecule has 242 valence electrons. The molecule has 2 amide bonds. The van der Waals surface area contributed by atoms with Crippen LogP contribution in [0.2, 0.25) is 0 Å². The predicted molar refractivity (Wildman–Crippen MR) is 157 cm³/mol. The maximum atomic E-state index is 14.5. The van der Waals surface area contributed by atoms with E-state index in [0.29, 0.717) is 25.9 Å². The Bertz CT molecular complexity index is 1550. The largest absolute Gasteiger partial charge is 0.573 e. The van der Waals surface area contributed by atoms with Gasteiger partial charge in [-0.25, -0.2) is 9.78 Å². The van der Waals surface area contributed by atoms with Gasteiger partial charge >= 0.3 is 18.6 Å². The quantitative estimate of drug-likeness (QED) is 0.247. The number of likely N-dealkylation sites (tertiary alicyclic amines) is 1. The van der Waals surface area contributed by atoms with Crippen molar-refractivity contribution in [2.75, 3.05) is 41.7 Å². The van der Waals surface area contributed by atoms with Gasteiger partial charge in [0.05, 0.1) is 16.9 Å². The second-order valence-electron chi connectivity index (χ2n) is 12.6. The van der Waals surface area contributed by atoms with Crippen LogP contribution in [0.4, 0.5) is 54.0 Å². The van der Waals surface area contributed by atoms with Crippen LogP contribution in [0.15, 0.2) is 54.7 Å². The van der Waals surface area contributed by atoms with Gasteiger partial charge in [0.25, 0.3) is 0 Å². The Balaban J connectivity index is 1.45. The van der Waals surface area contributed by atoms with Crippen molar-refractivity contribution in [3.8, 4) is 11.5 Å². The summed E-state index contributed by atoms with van der Waals surface area (Å²) >= 11 is 0. The smallest absolute Gasteiger partial charge is 0.506 e. The van der Waals surface area contributed by atoms with E-state index in [9.17, 15) is 36.2 Å². The number of carbonyl (C=O) groups excluding carboxylic acids is 1. The molecule has 3 aromatic rings. The molecule has 1 spiro atoms. The van der Waals surface area contributed by atoms with Crippen molar-refractivity contribution < 1.29 is 41.0 Å². The highest BCUT2D eigenvalue weighted by molar-refractivity contribution is 6.02. The number of urea groups is 1. The minimum Gasteiger partial charge on any atom is -0.506 e. The molecule has 0 aliphatic carbocycles. The molecular weight excluding hydrogens is 604 g/mol. The monoisotopic (exact) mass is 637 g/mol. The number of amides is 2. The molecule has 14 heteroatoms. The molecule has 0 atom stereocenters. The van der Waals surface area contributed by atoms with Crippen LogP contribution in [0.25, 0.3) is 0 Å². The van der Waals surface area contributed by atoms with E-state index in [1.54, 1.807) is 0 Å². The molecule has 2 aliphatic heterocycles. The number of benzene rings is 2. The summed E-state index contributed by atoms with van der Waals surface area (Å²) in [6.07, 6.45) is -7.27. The Hall–Kier alpha value is -4.20. The van der Waals surface area contributed by atoms with E-state index in [1.165, 1.54) is 35.4 Å². The van der Waals surface area contributed by atoms with Crippen molar-refractivity contribution in [1.29, 1.82) is 0 Å². The summed E-state index contributed by atoms with van der Waals surface area (Å²) in [6, 6.07) is 8.72. The Morgan fingerprint density at radius 3 is 2.24 bits per heavy atom. The third-order valence-corrected chi connectivity index (χ3v) is 7.87. The number of fused-ring (bicyclic) bond motifs is 2. The zero-order chi connectivity index (χ0) is 32.8. The summed E-state index contributed by atoms with van der Waals surface area (Å²) in [4.78, 5) is 21.1. The van der Waals surface area contributed by atoms with Crippen molar-refractivity contribution in [1.82, 2.24) is 9.88 Å². The molecule has 0 radical (unpaired) electrons. The van der Waals surface area contributed by atoms with Crippen molar-refractivity contribution in [2.24, 2.45) is 5.41 Å². The van der Waals surface area contributed by atoms with Crippen molar-refractivity contribution >= 4 is 28.9 Å². The molecule has 0 saturated carbocycles. The molecule has 3 heterocycles. The van der Waals surface area contributed by atoms with E-state index >= 15 is 0 Å². The number of pyridine rings is 1. The van der Waals surface area contributed by atoms with Crippen LogP contribution in [-0.2, 0) is 11.6 Å². The van der Waals surface area contributed by atoms with Crippen LogP contribution in [0.5, 0.6) is 11.5 Å². The molecule has 3 N–H and O–H groups in total. The van der Waals surface area contributed by atoms with Gasteiger partial charge in [-0.1, -0.05) is 20.8 Å². The minimum atomic E-state index is -4.87. The van der Waals surface area contributed by atoms with E-state index < -0.39 is 35.3 Å². The van der Waals surface area contributed by atoms with Crippen molar-refractivity contribution in [2.45, 2.75) is 51.6 Å². The van der Waals surface area contributed by atoms with Gasteiger partial charge in [-0.3, -0.25) is 0 Å². The number of ether oxygens (including phenoxy) is 1. The predicted octanol–water partition coefficient (Wildman–Crippen LogP) is 7.88. The molecule has 2 aromatic carbocycles. The highest BCUT2D eigenvalue weighted by Gasteiger charge is 2.52. The van der Waals surface area contributed by atoms with Gasteiger partial charge < -0.3 is 30.3 Å².